The lowest BCUT2D eigenvalue weighted by Crippen LogP contribution is -2.33. The topological polar surface area (TPSA) is 32.3 Å². The molecular formula is C14H20N2OS. The van der Waals surface area contributed by atoms with Gasteiger partial charge in [0.05, 0.1) is 0 Å². The van der Waals surface area contributed by atoms with Crippen LogP contribution < -0.4 is 10.2 Å². The number of thioether (sulfide) groups is 1. The van der Waals surface area contributed by atoms with Crippen molar-refractivity contribution in [3.05, 3.63) is 23.8 Å². The number of carbonyl (C=O) groups excluding carboxylic acids is 1. The van der Waals surface area contributed by atoms with E-state index < -0.39 is 0 Å². The first-order valence-electron chi connectivity index (χ1n) is 6.41. The molecule has 0 radical (unpaired) electrons. The van der Waals surface area contributed by atoms with Crippen molar-refractivity contribution in [3.8, 4) is 0 Å². The standard InChI is InChI=1S/C14H20N2OS/c1-11(17)16-8-3-4-12-10-13(5-6-14(12)16)18-9-7-15-2/h5-6,10,15H,3-4,7-9H2,1-2H3. The van der Waals surface area contributed by atoms with Gasteiger partial charge in [0.2, 0.25) is 5.91 Å². The van der Waals surface area contributed by atoms with E-state index in [0.29, 0.717) is 0 Å². The summed E-state index contributed by atoms with van der Waals surface area (Å²) in [6.07, 6.45) is 2.15. The Morgan fingerprint density at radius 3 is 3.06 bits per heavy atom. The maximum absolute atomic E-state index is 11.6. The molecule has 0 fully saturated rings. The maximum Gasteiger partial charge on any atom is 0.223 e. The van der Waals surface area contributed by atoms with Gasteiger partial charge in [0.25, 0.3) is 0 Å². The van der Waals surface area contributed by atoms with Crippen molar-refractivity contribution in [1.82, 2.24) is 5.32 Å². The molecule has 1 aromatic carbocycles. The van der Waals surface area contributed by atoms with Crippen molar-refractivity contribution < 1.29 is 4.79 Å². The summed E-state index contributed by atoms with van der Waals surface area (Å²) in [5.74, 6) is 1.22. The van der Waals surface area contributed by atoms with E-state index in [-0.39, 0.29) is 5.91 Å². The second-order valence-corrected chi connectivity index (χ2v) is 5.69. The third-order valence-electron chi connectivity index (χ3n) is 3.17. The molecule has 1 heterocycles. The minimum absolute atomic E-state index is 0.145. The molecule has 0 saturated heterocycles. The molecule has 0 aliphatic carbocycles. The first-order valence-corrected chi connectivity index (χ1v) is 7.39. The molecule has 2 rings (SSSR count). The van der Waals surface area contributed by atoms with E-state index in [4.69, 9.17) is 0 Å². The number of rotatable bonds is 4. The number of nitrogens with zero attached hydrogens (tertiary/aromatic N) is 1. The molecule has 3 nitrogen and oxygen atoms in total. The van der Waals surface area contributed by atoms with Gasteiger partial charge in [-0.1, -0.05) is 0 Å². The number of aryl methyl sites for hydroxylation is 1. The number of nitrogens with one attached hydrogen (secondary N) is 1. The third kappa shape index (κ3) is 3.06. The van der Waals surface area contributed by atoms with E-state index in [9.17, 15) is 4.79 Å². The Bertz CT molecular complexity index is 434. The van der Waals surface area contributed by atoms with Gasteiger partial charge >= 0.3 is 0 Å². The summed E-state index contributed by atoms with van der Waals surface area (Å²) in [4.78, 5) is 14.8. The highest BCUT2D eigenvalue weighted by Gasteiger charge is 2.19. The van der Waals surface area contributed by atoms with Gasteiger partial charge in [-0.2, -0.15) is 0 Å². The lowest BCUT2D eigenvalue weighted by molar-refractivity contribution is -0.116. The Labute approximate surface area is 113 Å². The molecule has 98 valence electrons. The van der Waals surface area contributed by atoms with Crippen LogP contribution in [0.15, 0.2) is 23.1 Å². The summed E-state index contributed by atoms with van der Waals surface area (Å²) in [5.41, 5.74) is 2.41. The van der Waals surface area contributed by atoms with E-state index in [2.05, 4.69) is 23.5 Å². The van der Waals surface area contributed by atoms with Gasteiger partial charge in [0.1, 0.15) is 0 Å². The van der Waals surface area contributed by atoms with Crippen LogP contribution in [0.4, 0.5) is 5.69 Å². The molecule has 1 aliphatic heterocycles. The molecule has 1 amide bonds. The molecule has 1 aliphatic rings. The lowest BCUT2D eigenvalue weighted by Gasteiger charge is -2.28. The van der Waals surface area contributed by atoms with Crippen LogP contribution in [0.2, 0.25) is 0 Å². The van der Waals surface area contributed by atoms with Crippen LogP contribution in [0, 0.1) is 0 Å². The zero-order valence-corrected chi connectivity index (χ0v) is 11.8. The number of hydrogen-bond acceptors (Lipinski definition) is 3. The summed E-state index contributed by atoms with van der Waals surface area (Å²) in [6.45, 7) is 3.51. The minimum atomic E-state index is 0.145. The average Bonchev–Trinajstić information content (AvgIpc) is 2.38. The number of benzene rings is 1. The molecule has 0 spiro atoms. The van der Waals surface area contributed by atoms with Crippen LogP contribution >= 0.6 is 11.8 Å². The largest absolute Gasteiger partial charge is 0.319 e. The predicted octanol–water partition coefficient (Wildman–Crippen LogP) is 2.30. The Balaban J connectivity index is 2.14. The second kappa shape index (κ2) is 6.25. The van der Waals surface area contributed by atoms with Crippen LogP contribution in [0.3, 0.4) is 0 Å². The lowest BCUT2D eigenvalue weighted by atomic mass is 10.0. The highest BCUT2D eigenvalue weighted by Crippen LogP contribution is 2.31. The Morgan fingerprint density at radius 1 is 1.50 bits per heavy atom. The summed E-state index contributed by atoms with van der Waals surface area (Å²) < 4.78 is 0. The third-order valence-corrected chi connectivity index (χ3v) is 4.17. The number of fused-ring (bicyclic) bond motifs is 1. The van der Waals surface area contributed by atoms with Gasteiger partial charge in [0, 0.05) is 36.3 Å². The van der Waals surface area contributed by atoms with Gasteiger partial charge in [-0.15, -0.1) is 11.8 Å². The quantitative estimate of drug-likeness (QED) is 0.669. The van der Waals surface area contributed by atoms with Crippen LogP contribution in [0.25, 0.3) is 0 Å². The fourth-order valence-electron chi connectivity index (χ4n) is 2.26. The van der Waals surface area contributed by atoms with Crippen molar-refractivity contribution in [3.63, 3.8) is 0 Å². The average molecular weight is 264 g/mol. The fourth-order valence-corrected chi connectivity index (χ4v) is 3.19. The molecule has 1 N–H and O–H groups in total. The summed E-state index contributed by atoms with van der Waals surface area (Å²) in [5, 5.41) is 3.15. The highest BCUT2D eigenvalue weighted by molar-refractivity contribution is 7.99. The summed E-state index contributed by atoms with van der Waals surface area (Å²) in [7, 11) is 1.97. The maximum atomic E-state index is 11.6. The van der Waals surface area contributed by atoms with E-state index >= 15 is 0 Å². The molecule has 0 atom stereocenters. The van der Waals surface area contributed by atoms with E-state index in [0.717, 1.165) is 37.4 Å². The van der Waals surface area contributed by atoms with Crippen molar-refractivity contribution in [2.24, 2.45) is 0 Å². The summed E-state index contributed by atoms with van der Waals surface area (Å²) in [6, 6.07) is 6.46. The Morgan fingerprint density at radius 2 is 2.33 bits per heavy atom. The molecule has 0 saturated carbocycles. The SMILES string of the molecule is CNCCSc1ccc2c(c1)CCCN2C(C)=O. The normalized spacial score (nSPS) is 14.4. The molecule has 0 bridgehead atoms. The Hall–Kier alpha value is -1.00. The van der Waals surface area contributed by atoms with Gasteiger partial charge < -0.3 is 10.2 Å². The number of hydrogen-bond donors (Lipinski definition) is 1. The van der Waals surface area contributed by atoms with Gasteiger partial charge in [-0.25, -0.2) is 0 Å². The van der Waals surface area contributed by atoms with Gasteiger partial charge in [0.15, 0.2) is 0 Å². The first kappa shape index (κ1) is 13.4. The number of anilines is 1. The van der Waals surface area contributed by atoms with Crippen LogP contribution in [0.1, 0.15) is 18.9 Å². The van der Waals surface area contributed by atoms with E-state index in [1.807, 2.05) is 23.7 Å². The van der Waals surface area contributed by atoms with Crippen molar-refractivity contribution in [1.29, 1.82) is 0 Å². The molecule has 18 heavy (non-hydrogen) atoms. The smallest absolute Gasteiger partial charge is 0.223 e. The predicted molar refractivity (Wildman–Crippen MR) is 77.4 cm³/mol. The number of carbonyl (C=O) groups is 1. The van der Waals surface area contributed by atoms with Crippen LogP contribution in [0.5, 0.6) is 0 Å². The molecule has 4 heteroatoms. The van der Waals surface area contributed by atoms with E-state index in [1.165, 1.54) is 10.5 Å². The monoisotopic (exact) mass is 264 g/mol. The Kier molecular flexibility index (Phi) is 4.66. The fraction of sp³-hybridized carbons (Fsp3) is 0.500. The van der Waals surface area contributed by atoms with Crippen molar-refractivity contribution in [2.75, 3.05) is 30.8 Å². The zero-order chi connectivity index (χ0) is 13.0. The zero-order valence-electron chi connectivity index (χ0n) is 11.0. The van der Waals surface area contributed by atoms with Crippen LogP contribution in [-0.4, -0.2) is 31.8 Å². The van der Waals surface area contributed by atoms with Crippen LogP contribution in [-0.2, 0) is 11.2 Å². The first-order chi connectivity index (χ1) is 8.72. The molecular weight excluding hydrogens is 244 g/mol. The van der Waals surface area contributed by atoms with E-state index in [1.54, 1.807) is 6.92 Å². The van der Waals surface area contributed by atoms with Gasteiger partial charge in [-0.05, 0) is 43.7 Å². The minimum Gasteiger partial charge on any atom is -0.319 e. The highest BCUT2D eigenvalue weighted by atomic mass is 32.2. The summed E-state index contributed by atoms with van der Waals surface area (Å²) >= 11 is 1.86. The van der Waals surface area contributed by atoms with Gasteiger partial charge in [-0.3, -0.25) is 4.79 Å². The molecule has 0 unspecified atom stereocenters. The number of amides is 1. The molecule has 1 aromatic rings. The van der Waals surface area contributed by atoms with Crippen molar-refractivity contribution in [2.45, 2.75) is 24.7 Å². The van der Waals surface area contributed by atoms with Crippen molar-refractivity contribution >= 4 is 23.4 Å². The second-order valence-electron chi connectivity index (χ2n) is 4.52. The molecule has 0 aromatic heterocycles.